The third kappa shape index (κ3) is 5.37. The molecule has 0 aliphatic carbocycles. The number of hydrogen-bond donors (Lipinski definition) is 0. The molecule has 1 atom stereocenters. The van der Waals surface area contributed by atoms with E-state index in [0.717, 1.165) is 32.5 Å². The molecule has 3 heterocycles. The average molecular weight is 640 g/mol. The highest BCUT2D eigenvalue weighted by molar-refractivity contribution is 9.10. The zero-order chi connectivity index (χ0) is 30.2. The zero-order valence-electron chi connectivity index (χ0n) is 23.9. The average Bonchev–Trinajstić information content (AvgIpc) is 3.55. The molecular weight excluding hydrogens is 612 g/mol. The van der Waals surface area contributed by atoms with E-state index >= 15 is 0 Å². The number of ether oxygens (including phenoxy) is 2. The van der Waals surface area contributed by atoms with Gasteiger partial charge in [0.2, 0.25) is 5.82 Å². The van der Waals surface area contributed by atoms with E-state index in [4.69, 9.17) is 18.9 Å². The number of benzene rings is 3. The van der Waals surface area contributed by atoms with E-state index < -0.39 is 12.1 Å². The molecule has 0 bridgehead atoms. The van der Waals surface area contributed by atoms with Crippen LogP contribution in [0.1, 0.15) is 23.9 Å². The molecule has 9 nitrogen and oxygen atoms in total. The molecule has 0 aliphatic rings. The van der Waals surface area contributed by atoms with Gasteiger partial charge in [-0.05, 0) is 87.5 Å². The first-order chi connectivity index (χ1) is 20.7. The van der Waals surface area contributed by atoms with E-state index in [0.29, 0.717) is 33.8 Å². The van der Waals surface area contributed by atoms with Crippen molar-refractivity contribution in [3.63, 3.8) is 0 Å². The van der Waals surface area contributed by atoms with Crippen LogP contribution in [-0.2, 0) is 9.53 Å². The summed E-state index contributed by atoms with van der Waals surface area (Å²) in [5.41, 5.74) is 4.57. The van der Waals surface area contributed by atoms with Crippen LogP contribution < -0.4 is 10.3 Å². The Morgan fingerprint density at radius 3 is 2.58 bits per heavy atom. The number of halogens is 1. The molecule has 0 spiro atoms. The quantitative estimate of drug-likeness (QED) is 0.141. The van der Waals surface area contributed by atoms with Gasteiger partial charge in [-0.3, -0.25) is 4.79 Å². The van der Waals surface area contributed by atoms with Crippen molar-refractivity contribution in [2.24, 2.45) is 5.10 Å². The fraction of sp³-hybridized carbons (Fsp3) is 0.152. The van der Waals surface area contributed by atoms with Gasteiger partial charge in [-0.15, -0.1) is 0 Å². The van der Waals surface area contributed by atoms with Gasteiger partial charge in [-0.25, -0.2) is 9.78 Å². The highest BCUT2D eigenvalue weighted by Crippen LogP contribution is 2.29. The van der Waals surface area contributed by atoms with Crippen molar-refractivity contribution in [1.29, 1.82) is 0 Å². The molecule has 0 saturated heterocycles. The number of para-hydroxylation sites is 1. The first kappa shape index (κ1) is 28.2. The van der Waals surface area contributed by atoms with Crippen molar-refractivity contribution >= 4 is 50.0 Å². The molecule has 6 rings (SSSR count). The maximum absolute atomic E-state index is 13.7. The Balaban J connectivity index is 1.38. The van der Waals surface area contributed by atoms with E-state index in [1.807, 2.05) is 62.4 Å². The summed E-state index contributed by atoms with van der Waals surface area (Å²) in [6, 6.07) is 24.2. The van der Waals surface area contributed by atoms with Crippen LogP contribution >= 0.6 is 15.9 Å². The predicted octanol–water partition coefficient (Wildman–Crippen LogP) is 6.80. The summed E-state index contributed by atoms with van der Waals surface area (Å²) in [5, 5.41) is 5.97. The van der Waals surface area contributed by atoms with Gasteiger partial charge in [0.1, 0.15) is 11.3 Å². The number of esters is 1. The van der Waals surface area contributed by atoms with Crippen molar-refractivity contribution in [3.05, 3.63) is 111 Å². The van der Waals surface area contributed by atoms with Gasteiger partial charge in [-0.2, -0.15) is 9.78 Å². The fourth-order valence-corrected chi connectivity index (χ4v) is 5.42. The van der Waals surface area contributed by atoms with Crippen LogP contribution in [0.2, 0.25) is 0 Å². The maximum Gasteiger partial charge on any atom is 0.346 e. The Kier molecular flexibility index (Phi) is 7.45. The Hall–Kier alpha value is -4.96. The molecule has 3 aromatic carbocycles. The lowest BCUT2D eigenvalue weighted by molar-refractivity contribution is -0.147. The SMILES string of the molecule is COC(=O)[C@H](C)Oc1ccc(-n2c(C)cc(C=Nn3c(-c4cc5cc(Br)ccc5o4)nc4ccccc4c3=O)c2C)cc1. The van der Waals surface area contributed by atoms with Crippen LogP contribution in [0, 0.1) is 13.8 Å². The molecule has 3 aromatic heterocycles. The van der Waals surface area contributed by atoms with E-state index in [-0.39, 0.29) is 5.56 Å². The largest absolute Gasteiger partial charge is 0.479 e. The minimum Gasteiger partial charge on any atom is -0.479 e. The van der Waals surface area contributed by atoms with Crippen molar-refractivity contribution in [3.8, 4) is 23.0 Å². The highest BCUT2D eigenvalue weighted by Gasteiger charge is 2.18. The second kappa shape index (κ2) is 11.4. The predicted molar refractivity (Wildman–Crippen MR) is 169 cm³/mol. The Labute approximate surface area is 255 Å². The number of furan rings is 1. The minimum atomic E-state index is -0.715. The van der Waals surface area contributed by atoms with Gasteiger partial charge in [0.25, 0.3) is 5.56 Å². The zero-order valence-corrected chi connectivity index (χ0v) is 25.5. The molecule has 0 radical (unpaired) electrons. The Morgan fingerprint density at radius 1 is 1.05 bits per heavy atom. The van der Waals surface area contributed by atoms with Gasteiger partial charge in [0, 0.05) is 32.5 Å². The Morgan fingerprint density at radius 2 is 1.81 bits per heavy atom. The van der Waals surface area contributed by atoms with Gasteiger partial charge in [0.05, 0.1) is 24.2 Å². The molecular formula is C33H27BrN4O5. The van der Waals surface area contributed by atoms with Gasteiger partial charge >= 0.3 is 5.97 Å². The second-order valence-corrected chi connectivity index (χ2v) is 11.0. The third-order valence-corrected chi connectivity index (χ3v) is 7.67. The molecule has 0 aliphatic heterocycles. The van der Waals surface area contributed by atoms with Crippen molar-refractivity contribution in [2.45, 2.75) is 26.9 Å². The number of aryl methyl sites for hydroxylation is 1. The summed E-state index contributed by atoms with van der Waals surface area (Å²) in [5.74, 6) is 0.849. The summed E-state index contributed by atoms with van der Waals surface area (Å²) in [4.78, 5) is 30.2. The van der Waals surface area contributed by atoms with Crippen LogP contribution in [-0.4, -0.2) is 39.6 Å². The number of nitrogens with zero attached hydrogens (tertiary/aromatic N) is 4. The van der Waals surface area contributed by atoms with E-state index in [2.05, 4.69) is 25.6 Å². The fourth-order valence-electron chi connectivity index (χ4n) is 5.04. The number of rotatable bonds is 7. The molecule has 10 heteroatoms. The van der Waals surface area contributed by atoms with Crippen LogP contribution in [0.5, 0.6) is 5.75 Å². The molecule has 0 amide bonds. The molecule has 0 unspecified atom stereocenters. The Bertz CT molecular complexity index is 2090. The van der Waals surface area contributed by atoms with Crippen molar-refractivity contribution < 1.29 is 18.7 Å². The molecule has 0 N–H and O–H groups in total. The maximum atomic E-state index is 13.7. The molecule has 0 saturated carbocycles. The molecule has 6 aromatic rings. The molecule has 216 valence electrons. The number of hydrogen-bond acceptors (Lipinski definition) is 7. The summed E-state index contributed by atoms with van der Waals surface area (Å²) in [6.45, 7) is 5.62. The first-order valence-corrected chi connectivity index (χ1v) is 14.3. The third-order valence-electron chi connectivity index (χ3n) is 7.18. The van der Waals surface area contributed by atoms with Gasteiger partial charge < -0.3 is 18.5 Å². The molecule has 0 fully saturated rings. The monoisotopic (exact) mass is 638 g/mol. The van der Waals surface area contributed by atoms with Gasteiger partial charge in [-0.1, -0.05) is 28.1 Å². The van der Waals surface area contributed by atoms with Gasteiger partial charge in [0.15, 0.2) is 11.9 Å². The topological polar surface area (TPSA) is 101 Å². The second-order valence-electron chi connectivity index (χ2n) is 10.0. The van der Waals surface area contributed by atoms with Crippen LogP contribution in [0.4, 0.5) is 0 Å². The van der Waals surface area contributed by atoms with E-state index in [9.17, 15) is 9.59 Å². The summed E-state index contributed by atoms with van der Waals surface area (Å²) < 4.78 is 20.8. The van der Waals surface area contributed by atoms with Crippen molar-refractivity contribution in [1.82, 2.24) is 14.2 Å². The van der Waals surface area contributed by atoms with Crippen molar-refractivity contribution in [2.75, 3.05) is 7.11 Å². The summed E-state index contributed by atoms with van der Waals surface area (Å²) in [7, 11) is 1.33. The van der Waals surface area contributed by atoms with Crippen LogP contribution in [0.15, 0.2) is 97.6 Å². The number of methoxy groups -OCH3 is 1. The lowest BCUT2D eigenvalue weighted by atomic mass is 10.2. The van der Waals surface area contributed by atoms with E-state index in [1.54, 1.807) is 43.5 Å². The van der Waals surface area contributed by atoms with Crippen LogP contribution in [0.3, 0.4) is 0 Å². The smallest absolute Gasteiger partial charge is 0.346 e. The first-order valence-electron chi connectivity index (χ1n) is 13.5. The van der Waals surface area contributed by atoms with E-state index in [1.165, 1.54) is 11.8 Å². The van der Waals surface area contributed by atoms with Crippen LogP contribution in [0.25, 0.3) is 39.1 Å². The summed E-state index contributed by atoms with van der Waals surface area (Å²) >= 11 is 3.50. The lowest BCUT2D eigenvalue weighted by Crippen LogP contribution is -2.24. The highest BCUT2D eigenvalue weighted by atomic mass is 79.9. The number of carbonyl (C=O) groups is 1. The minimum absolute atomic E-state index is 0.302. The number of aromatic nitrogens is 3. The lowest BCUT2D eigenvalue weighted by Gasteiger charge is -2.14. The standard InChI is InChI=1S/C33H27BrN4O5/c1-19-15-23(20(2)37(19)25-10-12-26(13-11-25)42-21(3)33(40)41-4)18-35-38-31(36-28-8-6-5-7-27(28)32(38)39)30-17-22-16-24(34)9-14-29(22)43-30/h5-18,21H,1-4H3/t21-/m0/s1. The normalized spacial score (nSPS) is 12.3. The molecule has 43 heavy (non-hydrogen) atoms. The number of carbonyl (C=O) groups excluding carboxylic acids is 1. The number of fused-ring (bicyclic) bond motifs is 2. The summed E-state index contributed by atoms with van der Waals surface area (Å²) in [6.07, 6.45) is 0.947.